The summed E-state index contributed by atoms with van der Waals surface area (Å²) >= 11 is 0. The molecule has 5 N–H and O–H groups in total. The highest BCUT2D eigenvalue weighted by Gasteiger charge is 2.22. The average Bonchev–Trinajstić information content (AvgIpc) is 3.25. The van der Waals surface area contributed by atoms with E-state index in [1.165, 1.54) is 38.5 Å². The van der Waals surface area contributed by atoms with Crippen LogP contribution in [0.15, 0.2) is 40.0 Å². The van der Waals surface area contributed by atoms with Gasteiger partial charge in [-0.2, -0.15) is 0 Å². The van der Waals surface area contributed by atoms with E-state index < -0.39 is 5.91 Å². The molecule has 0 radical (unpaired) electrons. The van der Waals surface area contributed by atoms with Crippen LogP contribution in [0.3, 0.4) is 0 Å². The zero-order valence-electron chi connectivity index (χ0n) is 19.5. The molecule has 1 aromatic carbocycles. The van der Waals surface area contributed by atoms with Gasteiger partial charge < -0.3 is 21.5 Å². The summed E-state index contributed by atoms with van der Waals surface area (Å²) in [4.78, 5) is 15.9. The lowest BCUT2D eigenvalue weighted by molar-refractivity contribution is -0.114. The lowest BCUT2D eigenvalue weighted by atomic mass is 9.95. The van der Waals surface area contributed by atoms with Gasteiger partial charge in [-0.3, -0.25) is 9.79 Å². The highest BCUT2D eigenvalue weighted by atomic mass is 16.5. The Hall–Kier alpha value is -2.76. The van der Waals surface area contributed by atoms with Crippen LogP contribution in [0, 0.1) is 5.92 Å². The lowest BCUT2D eigenvalue weighted by Gasteiger charge is -2.21. The number of ether oxygens (including phenoxy) is 1. The summed E-state index contributed by atoms with van der Waals surface area (Å²) in [6, 6.07) is 5.82. The molecule has 1 heterocycles. The van der Waals surface area contributed by atoms with Gasteiger partial charge >= 0.3 is 0 Å². The SMILES string of the molecule is CCCC1CCCC1.CCOc1ccc2c(c1)NCC(C(=NC)/C(C(N)=O)=C(\C)N)=C2. The van der Waals surface area contributed by atoms with Gasteiger partial charge in [0.05, 0.1) is 17.9 Å². The minimum absolute atomic E-state index is 0.259. The summed E-state index contributed by atoms with van der Waals surface area (Å²) in [5.41, 5.74) is 15.2. The van der Waals surface area contributed by atoms with Gasteiger partial charge in [0.2, 0.25) is 0 Å². The van der Waals surface area contributed by atoms with Gasteiger partial charge in [-0.25, -0.2) is 0 Å². The number of primary amides is 1. The van der Waals surface area contributed by atoms with Crippen LogP contribution in [0.2, 0.25) is 0 Å². The van der Waals surface area contributed by atoms with Gasteiger partial charge in [0.15, 0.2) is 0 Å². The smallest absolute Gasteiger partial charge is 0.252 e. The molecule has 1 aromatic rings. The lowest BCUT2D eigenvalue weighted by Crippen LogP contribution is -2.28. The monoisotopic (exact) mass is 426 g/mol. The fraction of sp³-hybridized carbons (Fsp3) is 0.520. The van der Waals surface area contributed by atoms with Crippen LogP contribution < -0.4 is 21.5 Å². The molecule has 1 saturated carbocycles. The summed E-state index contributed by atoms with van der Waals surface area (Å²) in [6.07, 6.45) is 10.9. The number of allylic oxidation sites excluding steroid dienone is 1. The number of carbonyl (C=O) groups is 1. The van der Waals surface area contributed by atoms with E-state index in [1.54, 1.807) is 14.0 Å². The molecule has 0 unspecified atom stereocenters. The molecule has 1 aliphatic heterocycles. The summed E-state index contributed by atoms with van der Waals surface area (Å²) in [5, 5.41) is 3.31. The number of aliphatic imine (C=N–C) groups is 1. The average molecular weight is 427 g/mol. The van der Waals surface area contributed by atoms with Crippen LogP contribution in [-0.4, -0.2) is 31.8 Å². The first-order chi connectivity index (χ1) is 14.9. The van der Waals surface area contributed by atoms with Crippen molar-refractivity contribution in [1.29, 1.82) is 0 Å². The van der Waals surface area contributed by atoms with Gasteiger partial charge in [0.25, 0.3) is 5.91 Å². The number of nitrogens with two attached hydrogens (primary N) is 2. The first-order valence-electron chi connectivity index (χ1n) is 11.4. The second-order valence-electron chi connectivity index (χ2n) is 8.14. The molecule has 3 rings (SSSR count). The second-order valence-corrected chi connectivity index (χ2v) is 8.14. The number of carbonyl (C=O) groups excluding carboxylic acids is 1. The third kappa shape index (κ3) is 6.88. The molecule has 6 nitrogen and oxygen atoms in total. The van der Waals surface area contributed by atoms with Crippen LogP contribution in [0.4, 0.5) is 5.69 Å². The van der Waals surface area contributed by atoms with E-state index >= 15 is 0 Å². The molecule has 2 aliphatic rings. The number of fused-ring (bicyclic) bond motifs is 1. The Kier molecular flexibility index (Phi) is 9.63. The van der Waals surface area contributed by atoms with E-state index in [9.17, 15) is 4.79 Å². The molecule has 0 aromatic heterocycles. The Labute approximate surface area is 186 Å². The second kappa shape index (κ2) is 12.2. The van der Waals surface area contributed by atoms with Gasteiger partial charge in [0.1, 0.15) is 5.75 Å². The third-order valence-electron chi connectivity index (χ3n) is 5.71. The molecule has 0 saturated heterocycles. The maximum Gasteiger partial charge on any atom is 0.252 e. The zero-order chi connectivity index (χ0) is 22.8. The predicted octanol–water partition coefficient (Wildman–Crippen LogP) is 4.66. The summed E-state index contributed by atoms with van der Waals surface area (Å²) in [6.45, 7) is 7.03. The molecule has 1 amide bonds. The number of hydrogen-bond donors (Lipinski definition) is 3. The summed E-state index contributed by atoms with van der Waals surface area (Å²) in [7, 11) is 1.62. The van der Waals surface area contributed by atoms with Crippen molar-refractivity contribution in [1.82, 2.24) is 0 Å². The van der Waals surface area contributed by atoms with Crippen molar-refractivity contribution in [3.63, 3.8) is 0 Å². The van der Waals surface area contributed by atoms with Crippen molar-refractivity contribution in [3.8, 4) is 5.75 Å². The van der Waals surface area contributed by atoms with Crippen molar-refractivity contribution in [2.45, 2.75) is 59.3 Å². The Morgan fingerprint density at radius 3 is 2.48 bits per heavy atom. The highest BCUT2D eigenvalue weighted by Crippen LogP contribution is 2.30. The molecule has 1 fully saturated rings. The topological polar surface area (TPSA) is 103 Å². The maximum atomic E-state index is 11.7. The van der Waals surface area contributed by atoms with Crippen molar-refractivity contribution >= 4 is 23.4 Å². The zero-order valence-corrected chi connectivity index (χ0v) is 19.5. The van der Waals surface area contributed by atoms with E-state index in [1.807, 2.05) is 31.2 Å². The minimum Gasteiger partial charge on any atom is -0.494 e. The van der Waals surface area contributed by atoms with Crippen molar-refractivity contribution in [3.05, 3.63) is 40.6 Å². The molecular formula is C25H38N4O2. The largest absolute Gasteiger partial charge is 0.494 e. The molecule has 0 spiro atoms. The minimum atomic E-state index is -0.580. The Morgan fingerprint density at radius 1 is 1.23 bits per heavy atom. The first-order valence-corrected chi connectivity index (χ1v) is 11.4. The van der Waals surface area contributed by atoms with Crippen LogP contribution in [-0.2, 0) is 4.79 Å². The van der Waals surface area contributed by atoms with Crippen molar-refractivity contribution < 1.29 is 9.53 Å². The Morgan fingerprint density at radius 2 is 1.94 bits per heavy atom. The summed E-state index contributed by atoms with van der Waals surface area (Å²) in [5.74, 6) is 1.35. The van der Waals surface area contributed by atoms with Crippen molar-refractivity contribution in [2.24, 2.45) is 22.4 Å². The fourth-order valence-electron chi connectivity index (χ4n) is 4.27. The van der Waals surface area contributed by atoms with Gasteiger partial charge in [-0.1, -0.05) is 45.4 Å². The van der Waals surface area contributed by atoms with Crippen LogP contribution in [0.1, 0.15) is 64.9 Å². The van der Waals surface area contributed by atoms with Crippen LogP contribution in [0.5, 0.6) is 5.75 Å². The number of rotatable bonds is 7. The van der Waals surface area contributed by atoms with E-state index in [0.717, 1.165) is 28.5 Å². The normalized spacial score (nSPS) is 16.9. The standard InChI is InChI=1S/C17H22N4O2.C8H16/c1-4-23-13-6-5-11-7-12(9-21-14(11)8-13)16(20-3)15(10(2)18)17(19)22;1-2-5-8-6-3-4-7-8/h5-8,21H,4,9,18H2,1-3H3,(H2,19,22);8H,2-7H2,1H3/b15-10-,20-16?;. The number of anilines is 1. The molecule has 31 heavy (non-hydrogen) atoms. The molecule has 0 bridgehead atoms. The predicted molar refractivity (Wildman–Crippen MR) is 130 cm³/mol. The highest BCUT2D eigenvalue weighted by molar-refractivity contribution is 6.29. The fourth-order valence-corrected chi connectivity index (χ4v) is 4.27. The van der Waals surface area contributed by atoms with Gasteiger partial charge in [0, 0.05) is 31.0 Å². The quantitative estimate of drug-likeness (QED) is 0.436. The molecule has 6 heteroatoms. The van der Waals surface area contributed by atoms with E-state index in [-0.39, 0.29) is 5.57 Å². The Bertz CT molecular complexity index is 845. The van der Waals surface area contributed by atoms with Crippen molar-refractivity contribution in [2.75, 3.05) is 25.5 Å². The van der Waals surface area contributed by atoms with Gasteiger partial charge in [-0.05, 0) is 49.1 Å². The number of nitrogens with one attached hydrogen (secondary N) is 1. The first kappa shape index (κ1) is 24.5. The Balaban J connectivity index is 0.000000357. The number of benzene rings is 1. The van der Waals surface area contributed by atoms with E-state index in [4.69, 9.17) is 16.2 Å². The molecular weight excluding hydrogens is 388 g/mol. The maximum absolute atomic E-state index is 11.7. The van der Waals surface area contributed by atoms with Gasteiger partial charge in [-0.15, -0.1) is 0 Å². The van der Waals surface area contributed by atoms with E-state index in [2.05, 4.69) is 17.2 Å². The summed E-state index contributed by atoms with van der Waals surface area (Å²) < 4.78 is 5.50. The molecule has 1 aliphatic carbocycles. The van der Waals surface area contributed by atoms with E-state index in [0.29, 0.717) is 24.6 Å². The molecule has 170 valence electrons. The third-order valence-corrected chi connectivity index (χ3v) is 5.71. The number of hydrogen-bond acceptors (Lipinski definition) is 5. The number of nitrogens with zero attached hydrogens (tertiary/aromatic N) is 1. The number of amides is 1. The van der Waals surface area contributed by atoms with Crippen LogP contribution >= 0.6 is 0 Å². The molecule has 0 atom stereocenters. The van der Waals surface area contributed by atoms with Crippen LogP contribution in [0.25, 0.3) is 6.08 Å².